The third-order valence-corrected chi connectivity index (χ3v) is 1.15. The topological polar surface area (TPSA) is 75.3 Å². The van der Waals surface area contributed by atoms with Crippen LogP contribution in [0.15, 0.2) is 0 Å². The number of carbonyl (C=O) groups is 1. The smallest absolute Gasteiger partial charge is 0.405 e. The maximum Gasteiger partial charge on any atom is 0.405 e. The van der Waals surface area contributed by atoms with Crippen molar-refractivity contribution in [2.45, 2.75) is 12.5 Å². The average Bonchev–Trinajstić information content (AvgIpc) is 1.87. The zero-order valence-electron chi connectivity index (χ0n) is 5.72. The zero-order chi connectivity index (χ0) is 8.20. The highest BCUT2D eigenvalue weighted by Crippen LogP contribution is 2.00. The Hall–Kier alpha value is -0.840. The fourth-order valence-corrected chi connectivity index (χ4v) is 0.397. The second-order valence-electron chi connectivity index (χ2n) is 2.33. The van der Waals surface area contributed by atoms with Crippen LogP contribution in [-0.2, 0) is 0 Å². The highest BCUT2D eigenvalue weighted by atomic mass is 19.1. The van der Waals surface area contributed by atoms with Gasteiger partial charge in [0.2, 0.25) is 0 Å². The van der Waals surface area contributed by atoms with Crippen molar-refractivity contribution in [2.24, 2.45) is 5.73 Å². The Bertz CT molecular complexity index is 125. The maximum absolute atomic E-state index is 12.0. The average molecular weight is 150 g/mol. The molecule has 0 saturated carbocycles. The number of nitrogens with two attached hydrogens (primary N) is 1. The Labute approximate surface area is 58.2 Å². The summed E-state index contributed by atoms with van der Waals surface area (Å²) in [5.74, 6) is 0. The molecule has 0 heterocycles. The summed E-state index contributed by atoms with van der Waals surface area (Å²) in [6, 6.07) is 0. The van der Waals surface area contributed by atoms with E-state index in [1.54, 1.807) is 0 Å². The van der Waals surface area contributed by atoms with Gasteiger partial charge in [-0.1, -0.05) is 0 Å². The van der Waals surface area contributed by atoms with Gasteiger partial charge in [0.25, 0.3) is 0 Å². The van der Waals surface area contributed by atoms with Crippen LogP contribution in [0.1, 0.15) is 6.92 Å². The van der Waals surface area contributed by atoms with Crippen LogP contribution in [0.25, 0.3) is 0 Å². The SMILES string of the molecule is CC(CN)(CF)NC(=O)O. The number of hydrogen-bond acceptors (Lipinski definition) is 2. The van der Waals surface area contributed by atoms with Crippen LogP contribution in [0.2, 0.25) is 0 Å². The Balaban J connectivity index is 3.92. The Morgan fingerprint density at radius 3 is 2.50 bits per heavy atom. The van der Waals surface area contributed by atoms with Crippen LogP contribution in [0, 0.1) is 0 Å². The number of nitrogens with one attached hydrogen (secondary N) is 1. The molecule has 4 nitrogen and oxygen atoms in total. The highest BCUT2D eigenvalue weighted by molar-refractivity contribution is 5.65. The van der Waals surface area contributed by atoms with Crippen molar-refractivity contribution < 1.29 is 14.3 Å². The monoisotopic (exact) mass is 150 g/mol. The Morgan fingerprint density at radius 2 is 2.40 bits per heavy atom. The Kier molecular flexibility index (Phi) is 3.08. The number of hydrogen-bond donors (Lipinski definition) is 3. The third kappa shape index (κ3) is 2.63. The fraction of sp³-hybridized carbons (Fsp3) is 0.800. The van der Waals surface area contributed by atoms with Gasteiger partial charge in [-0.2, -0.15) is 0 Å². The van der Waals surface area contributed by atoms with Gasteiger partial charge >= 0.3 is 6.09 Å². The van der Waals surface area contributed by atoms with Crippen molar-refractivity contribution >= 4 is 6.09 Å². The minimum atomic E-state index is -1.26. The van der Waals surface area contributed by atoms with E-state index < -0.39 is 18.3 Å². The second-order valence-corrected chi connectivity index (χ2v) is 2.33. The van der Waals surface area contributed by atoms with E-state index in [-0.39, 0.29) is 6.54 Å². The molecule has 0 aromatic heterocycles. The van der Waals surface area contributed by atoms with E-state index >= 15 is 0 Å². The summed E-state index contributed by atoms with van der Waals surface area (Å²) in [6.07, 6.45) is -1.26. The summed E-state index contributed by atoms with van der Waals surface area (Å²) in [5, 5.41) is 10.2. The van der Waals surface area contributed by atoms with Gasteiger partial charge in [-0.25, -0.2) is 9.18 Å². The molecule has 0 aromatic rings. The van der Waals surface area contributed by atoms with Crippen molar-refractivity contribution in [3.05, 3.63) is 0 Å². The molecule has 0 saturated heterocycles. The highest BCUT2D eigenvalue weighted by Gasteiger charge is 2.23. The first kappa shape index (κ1) is 9.16. The first-order chi connectivity index (χ1) is 4.54. The van der Waals surface area contributed by atoms with Gasteiger partial charge in [-0.15, -0.1) is 0 Å². The molecule has 1 unspecified atom stereocenters. The van der Waals surface area contributed by atoms with E-state index in [0.717, 1.165) is 0 Å². The lowest BCUT2D eigenvalue weighted by Gasteiger charge is -2.23. The van der Waals surface area contributed by atoms with E-state index in [4.69, 9.17) is 10.8 Å². The minimum Gasteiger partial charge on any atom is -0.465 e. The number of alkyl halides is 1. The van der Waals surface area contributed by atoms with Crippen molar-refractivity contribution in [3.8, 4) is 0 Å². The summed E-state index contributed by atoms with van der Waals surface area (Å²) < 4.78 is 12.0. The minimum absolute atomic E-state index is 0.0458. The number of amides is 1. The molecule has 0 spiro atoms. The summed E-state index contributed by atoms with van der Waals surface area (Å²) in [5.41, 5.74) is 3.97. The first-order valence-electron chi connectivity index (χ1n) is 2.81. The van der Waals surface area contributed by atoms with Crippen molar-refractivity contribution in [1.82, 2.24) is 5.32 Å². The van der Waals surface area contributed by atoms with Gasteiger partial charge in [0.05, 0.1) is 5.54 Å². The predicted octanol–water partition coefficient (Wildman–Crippen LogP) is -0.0591. The predicted molar refractivity (Wildman–Crippen MR) is 34.6 cm³/mol. The normalized spacial score (nSPS) is 15.9. The molecule has 4 N–H and O–H groups in total. The van der Waals surface area contributed by atoms with E-state index in [1.165, 1.54) is 6.92 Å². The molecule has 0 fully saturated rings. The summed E-state index contributed by atoms with van der Waals surface area (Å²) >= 11 is 0. The van der Waals surface area contributed by atoms with Crippen LogP contribution >= 0.6 is 0 Å². The standard InChI is InChI=1S/C5H11FN2O2/c1-5(2-6,3-7)8-4(9)10/h8H,2-3,7H2,1H3,(H,9,10). The Morgan fingerprint density at radius 1 is 1.90 bits per heavy atom. The molecular weight excluding hydrogens is 139 g/mol. The van der Waals surface area contributed by atoms with Crippen molar-refractivity contribution in [2.75, 3.05) is 13.2 Å². The number of carboxylic acid groups (broad SMARTS) is 1. The summed E-state index contributed by atoms with van der Waals surface area (Å²) in [4.78, 5) is 10.00. The van der Waals surface area contributed by atoms with Gasteiger partial charge in [-0.05, 0) is 6.92 Å². The molecule has 0 rings (SSSR count). The lowest BCUT2D eigenvalue weighted by molar-refractivity contribution is 0.173. The van der Waals surface area contributed by atoms with Crippen molar-refractivity contribution in [3.63, 3.8) is 0 Å². The van der Waals surface area contributed by atoms with Crippen LogP contribution in [-0.4, -0.2) is 30.0 Å². The molecular formula is C5H11FN2O2. The van der Waals surface area contributed by atoms with Gasteiger partial charge in [-0.3, -0.25) is 0 Å². The summed E-state index contributed by atoms with van der Waals surface area (Å²) in [7, 11) is 0. The molecule has 10 heavy (non-hydrogen) atoms. The van der Waals surface area contributed by atoms with E-state index in [1.807, 2.05) is 5.32 Å². The molecule has 0 aliphatic heterocycles. The largest absolute Gasteiger partial charge is 0.465 e. The first-order valence-corrected chi connectivity index (χ1v) is 2.81. The van der Waals surface area contributed by atoms with Gasteiger partial charge in [0.1, 0.15) is 6.67 Å². The molecule has 0 radical (unpaired) electrons. The molecule has 0 bridgehead atoms. The molecule has 1 atom stereocenters. The summed E-state index contributed by atoms with van der Waals surface area (Å²) in [6.45, 7) is 0.562. The van der Waals surface area contributed by atoms with Crippen LogP contribution in [0.3, 0.4) is 0 Å². The quantitative estimate of drug-likeness (QED) is 0.527. The number of halogens is 1. The molecule has 60 valence electrons. The lowest BCUT2D eigenvalue weighted by Crippen LogP contribution is -2.52. The molecule has 0 aliphatic rings. The molecule has 5 heteroatoms. The van der Waals surface area contributed by atoms with E-state index in [2.05, 4.69) is 0 Å². The number of rotatable bonds is 3. The molecule has 0 aliphatic carbocycles. The molecule has 0 aromatic carbocycles. The zero-order valence-corrected chi connectivity index (χ0v) is 5.72. The maximum atomic E-state index is 12.0. The lowest BCUT2D eigenvalue weighted by atomic mass is 10.1. The third-order valence-electron chi connectivity index (χ3n) is 1.15. The fourth-order valence-electron chi connectivity index (χ4n) is 0.397. The van der Waals surface area contributed by atoms with Gasteiger partial charge < -0.3 is 16.2 Å². The van der Waals surface area contributed by atoms with Gasteiger partial charge in [0, 0.05) is 6.54 Å². The second kappa shape index (κ2) is 3.36. The van der Waals surface area contributed by atoms with Crippen LogP contribution in [0.4, 0.5) is 9.18 Å². The van der Waals surface area contributed by atoms with Crippen LogP contribution < -0.4 is 11.1 Å². The van der Waals surface area contributed by atoms with E-state index in [0.29, 0.717) is 0 Å². The molecule has 1 amide bonds. The van der Waals surface area contributed by atoms with Gasteiger partial charge in [0.15, 0.2) is 0 Å². The van der Waals surface area contributed by atoms with Crippen LogP contribution in [0.5, 0.6) is 0 Å². The van der Waals surface area contributed by atoms with E-state index in [9.17, 15) is 9.18 Å². The van der Waals surface area contributed by atoms with Crippen molar-refractivity contribution in [1.29, 1.82) is 0 Å².